The Morgan fingerprint density at radius 3 is 2.67 bits per heavy atom. The number of carboxylic acid groups (broad SMARTS) is 2. The standard InChI is InChI=1S/C12H21NO5/c1-18-7-3-5-12(11(16)17)4-2-6-13(9-12)8-10(14)15/h2-9H2,1H3,(H,14,15)(H,16,17)/t12-/m0/s1. The normalized spacial score (nSPS) is 24.9. The third kappa shape index (κ3) is 3.96. The lowest BCUT2D eigenvalue weighted by Crippen LogP contribution is -2.49. The topological polar surface area (TPSA) is 87.1 Å². The van der Waals surface area contributed by atoms with Crippen LogP contribution < -0.4 is 0 Å². The van der Waals surface area contributed by atoms with Gasteiger partial charge in [-0.25, -0.2) is 0 Å². The van der Waals surface area contributed by atoms with Crippen LogP contribution >= 0.6 is 0 Å². The highest BCUT2D eigenvalue weighted by Gasteiger charge is 2.42. The number of ether oxygens (including phenoxy) is 1. The maximum absolute atomic E-state index is 11.5. The van der Waals surface area contributed by atoms with Crippen LogP contribution in [0.25, 0.3) is 0 Å². The zero-order chi connectivity index (χ0) is 13.6. The van der Waals surface area contributed by atoms with E-state index in [0.717, 1.165) is 6.42 Å². The molecule has 6 heteroatoms. The van der Waals surface area contributed by atoms with Gasteiger partial charge in [0, 0.05) is 20.3 Å². The molecule has 1 aliphatic heterocycles. The fourth-order valence-electron chi connectivity index (χ4n) is 2.59. The van der Waals surface area contributed by atoms with E-state index in [2.05, 4.69) is 0 Å². The van der Waals surface area contributed by atoms with E-state index in [1.54, 1.807) is 12.0 Å². The zero-order valence-corrected chi connectivity index (χ0v) is 10.7. The number of aliphatic carboxylic acids is 2. The second kappa shape index (κ2) is 6.70. The van der Waals surface area contributed by atoms with Crippen molar-refractivity contribution in [3.63, 3.8) is 0 Å². The SMILES string of the molecule is COCCC[C@@]1(C(=O)O)CCCN(CC(=O)O)C1. The van der Waals surface area contributed by atoms with Crippen LogP contribution in [0.2, 0.25) is 0 Å². The van der Waals surface area contributed by atoms with Crippen molar-refractivity contribution in [1.82, 2.24) is 4.90 Å². The number of piperidine rings is 1. The fraction of sp³-hybridized carbons (Fsp3) is 0.833. The third-order valence-corrected chi connectivity index (χ3v) is 3.47. The maximum atomic E-state index is 11.5. The Bertz CT molecular complexity index is 307. The Hall–Kier alpha value is -1.14. The van der Waals surface area contributed by atoms with Crippen LogP contribution in [0.3, 0.4) is 0 Å². The molecule has 2 N–H and O–H groups in total. The van der Waals surface area contributed by atoms with Crippen molar-refractivity contribution in [1.29, 1.82) is 0 Å². The molecule has 18 heavy (non-hydrogen) atoms. The summed E-state index contributed by atoms with van der Waals surface area (Å²) in [4.78, 5) is 23.9. The minimum Gasteiger partial charge on any atom is -0.481 e. The Labute approximate surface area is 107 Å². The zero-order valence-electron chi connectivity index (χ0n) is 10.7. The van der Waals surface area contributed by atoms with E-state index in [4.69, 9.17) is 9.84 Å². The lowest BCUT2D eigenvalue weighted by Gasteiger charge is -2.39. The molecule has 0 amide bonds. The molecular weight excluding hydrogens is 238 g/mol. The van der Waals surface area contributed by atoms with Gasteiger partial charge in [0.05, 0.1) is 12.0 Å². The number of nitrogens with zero attached hydrogens (tertiary/aromatic N) is 1. The monoisotopic (exact) mass is 259 g/mol. The molecule has 0 saturated carbocycles. The molecule has 1 aliphatic rings. The highest BCUT2D eigenvalue weighted by molar-refractivity contribution is 5.75. The van der Waals surface area contributed by atoms with Crippen molar-refractivity contribution in [2.45, 2.75) is 25.7 Å². The second-order valence-electron chi connectivity index (χ2n) is 4.89. The molecule has 6 nitrogen and oxygen atoms in total. The van der Waals surface area contributed by atoms with Crippen molar-refractivity contribution in [3.05, 3.63) is 0 Å². The summed E-state index contributed by atoms with van der Waals surface area (Å²) in [5.41, 5.74) is -0.813. The predicted molar refractivity (Wildman–Crippen MR) is 64.5 cm³/mol. The molecule has 104 valence electrons. The molecule has 0 bridgehead atoms. The molecule has 0 unspecified atom stereocenters. The van der Waals surface area contributed by atoms with Crippen LogP contribution in [-0.4, -0.2) is 60.4 Å². The van der Waals surface area contributed by atoms with Gasteiger partial charge in [-0.2, -0.15) is 0 Å². The average molecular weight is 259 g/mol. The summed E-state index contributed by atoms with van der Waals surface area (Å²) in [7, 11) is 1.59. The number of methoxy groups -OCH3 is 1. The largest absolute Gasteiger partial charge is 0.481 e. The third-order valence-electron chi connectivity index (χ3n) is 3.47. The smallest absolute Gasteiger partial charge is 0.317 e. The van der Waals surface area contributed by atoms with E-state index < -0.39 is 17.4 Å². The number of carboxylic acids is 2. The van der Waals surface area contributed by atoms with Gasteiger partial charge in [-0.3, -0.25) is 14.5 Å². The average Bonchev–Trinajstić information content (AvgIpc) is 2.28. The highest BCUT2D eigenvalue weighted by Crippen LogP contribution is 2.35. The highest BCUT2D eigenvalue weighted by atomic mass is 16.5. The van der Waals surface area contributed by atoms with Gasteiger partial charge in [0.1, 0.15) is 0 Å². The summed E-state index contributed by atoms with van der Waals surface area (Å²) in [6.07, 6.45) is 2.56. The Kier molecular flexibility index (Phi) is 5.55. The molecule has 1 saturated heterocycles. The minimum atomic E-state index is -0.909. The first-order valence-corrected chi connectivity index (χ1v) is 6.17. The molecule has 0 spiro atoms. The van der Waals surface area contributed by atoms with Crippen LogP contribution in [-0.2, 0) is 14.3 Å². The number of carbonyl (C=O) groups is 2. The van der Waals surface area contributed by atoms with Gasteiger partial charge in [0.15, 0.2) is 0 Å². The van der Waals surface area contributed by atoms with E-state index in [9.17, 15) is 14.7 Å². The van der Waals surface area contributed by atoms with E-state index in [0.29, 0.717) is 39.0 Å². The lowest BCUT2D eigenvalue weighted by atomic mass is 9.76. The van der Waals surface area contributed by atoms with Gasteiger partial charge < -0.3 is 14.9 Å². The van der Waals surface area contributed by atoms with Crippen LogP contribution in [0, 0.1) is 5.41 Å². The van der Waals surface area contributed by atoms with Crippen molar-refractivity contribution >= 4 is 11.9 Å². The molecule has 0 aliphatic carbocycles. The predicted octanol–water partition coefficient (Wildman–Crippen LogP) is 0.664. The molecule has 0 radical (unpaired) electrons. The number of hydrogen-bond acceptors (Lipinski definition) is 4. The Morgan fingerprint density at radius 1 is 1.39 bits per heavy atom. The lowest BCUT2D eigenvalue weighted by molar-refractivity contribution is -0.155. The van der Waals surface area contributed by atoms with Gasteiger partial charge in [-0.05, 0) is 32.2 Å². The van der Waals surface area contributed by atoms with Gasteiger partial charge in [0.25, 0.3) is 0 Å². The summed E-state index contributed by atoms with van der Waals surface area (Å²) < 4.78 is 4.95. The van der Waals surface area contributed by atoms with Gasteiger partial charge >= 0.3 is 11.9 Å². The molecule has 1 heterocycles. The van der Waals surface area contributed by atoms with Crippen molar-refractivity contribution in [2.75, 3.05) is 33.4 Å². The molecule has 0 aromatic heterocycles. The Balaban J connectivity index is 2.64. The van der Waals surface area contributed by atoms with Crippen molar-refractivity contribution in [2.24, 2.45) is 5.41 Å². The number of likely N-dealkylation sites (tertiary alicyclic amines) is 1. The number of rotatable bonds is 7. The van der Waals surface area contributed by atoms with E-state index >= 15 is 0 Å². The summed E-state index contributed by atoms with van der Waals surface area (Å²) in [5, 5.41) is 18.2. The van der Waals surface area contributed by atoms with Crippen LogP contribution in [0.15, 0.2) is 0 Å². The van der Waals surface area contributed by atoms with Gasteiger partial charge in [0.2, 0.25) is 0 Å². The summed E-state index contributed by atoms with van der Waals surface area (Å²) in [5.74, 6) is -1.73. The molecular formula is C12H21NO5. The van der Waals surface area contributed by atoms with Crippen LogP contribution in [0.5, 0.6) is 0 Å². The first-order chi connectivity index (χ1) is 8.50. The molecule has 1 fully saturated rings. The van der Waals surface area contributed by atoms with Crippen molar-refractivity contribution in [3.8, 4) is 0 Å². The van der Waals surface area contributed by atoms with Crippen LogP contribution in [0.1, 0.15) is 25.7 Å². The van der Waals surface area contributed by atoms with Crippen LogP contribution in [0.4, 0.5) is 0 Å². The molecule has 1 atom stereocenters. The van der Waals surface area contributed by atoms with E-state index in [1.165, 1.54) is 0 Å². The van der Waals surface area contributed by atoms with Gasteiger partial charge in [-0.1, -0.05) is 0 Å². The first kappa shape index (κ1) is 14.9. The van der Waals surface area contributed by atoms with E-state index in [1.807, 2.05) is 0 Å². The molecule has 0 aromatic rings. The minimum absolute atomic E-state index is 0.0840. The number of hydrogen-bond donors (Lipinski definition) is 2. The first-order valence-electron chi connectivity index (χ1n) is 6.17. The summed E-state index contributed by atoms with van der Waals surface area (Å²) in [6, 6.07) is 0. The maximum Gasteiger partial charge on any atom is 0.317 e. The van der Waals surface area contributed by atoms with Crippen molar-refractivity contribution < 1.29 is 24.5 Å². The summed E-state index contributed by atoms with van der Waals surface area (Å²) >= 11 is 0. The van der Waals surface area contributed by atoms with E-state index in [-0.39, 0.29) is 6.54 Å². The quantitative estimate of drug-likeness (QED) is 0.653. The Morgan fingerprint density at radius 2 is 2.11 bits per heavy atom. The second-order valence-corrected chi connectivity index (χ2v) is 4.89. The summed E-state index contributed by atoms with van der Waals surface area (Å²) in [6.45, 7) is 1.43. The fourth-order valence-corrected chi connectivity index (χ4v) is 2.59. The molecule has 1 rings (SSSR count). The molecule has 0 aromatic carbocycles. The van der Waals surface area contributed by atoms with Gasteiger partial charge in [-0.15, -0.1) is 0 Å².